The van der Waals surface area contributed by atoms with Crippen molar-refractivity contribution < 1.29 is 9.31 Å². The van der Waals surface area contributed by atoms with E-state index >= 15 is 0 Å². The number of nitro benzene ring substituents is 1. The molecular weight excluding hydrogens is 374 g/mol. The van der Waals surface area contributed by atoms with Gasteiger partial charge in [0, 0.05) is 18.7 Å². The molecule has 1 aromatic carbocycles. The summed E-state index contributed by atoms with van der Waals surface area (Å²) in [5.41, 5.74) is 0.197. The molecule has 0 atom stereocenters. The van der Waals surface area contributed by atoms with Gasteiger partial charge in [0.05, 0.1) is 8.49 Å². The lowest BCUT2D eigenvalue weighted by Gasteiger charge is -2.08. The van der Waals surface area contributed by atoms with Crippen LogP contribution in [0.3, 0.4) is 0 Å². The molecule has 4 nitrogen and oxygen atoms in total. The third-order valence-electron chi connectivity index (χ3n) is 3.08. The fraction of sp³-hybridized carbons (Fsp3) is 0.571. The molecule has 20 heavy (non-hydrogen) atoms. The van der Waals surface area contributed by atoms with Gasteiger partial charge in [-0.3, -0.25) is 10.1 Å². The summed E-state index contributed by atoms with van der Waals surface area (Å²) in [6, 6.07) is 2.47. The van der Waals surface area contributed by atoms with Gasteiger partial charge in [-0.25, -0.2) is 4.39 Å². The highest BCUT2D eigenvalue weighted by Crippen LogP contribution is 2.28. The molecule has 1 rings (SSSR count). The number of hydrogen-bond acceptors (Lipinski definition) is 3. The lowest BCUT2D eigenvalue weighted by atomic mass is 10.1. The molecule has 0 aliphatic carbocycles. The Bertz CT molecular complexity index is 455. The van der Waals surface area contributed by atoms with Crippen LogP contribution in [-0.2, 0) is 0 Å². The minimum atomic E-state index is -0.481. The van der Waals surface area contributed by atoms with Gasteiger partial charge in [0.15, 0.2) is 0 Å². The van der Waals surface area contributed by atoms with Crippen LogP contribution in [0.1, 0.15) is 45.4 Å². The molecule has 0 heterocycles. The number of nitrogens with zero attached hydrogens (tertiary/aromatic N) is 1. The summed E-state index contributed by atoms with van der Waals surface area (Å²) in [5.74, 6) is -0.429. The average Bonchev–Trinajstić information content (AvgIpc) is 2.41. The molecule has 6 heteroatoms. The van der Waals surface area contributed by atoms with Gasteiger partial charge in [-0.1, -0.05) is 39.0 Å². The average molecular weight is 394 g/mol. The van der Waals surface area contributed by atoms with Gasteiger partial charge in [-0.15, -0.1) is 0 Å². The smallest absolute Gasteiger partial charge is 0.293 e. The van der Waals surface area contributed by atoms with Crippen molar-refractivity contribution in [2.24, 2.45) is 0 Å². The van der Waals surface area contributed by atoms with E-state index in [1.807, 2.05) is 0 Å². The zero-order valence-electron chi connectivity index (χ0n) is 11.6. The lowest BCUT2D eigenvalue weighted by Crippen LogP contribution is -2.05. The third kappa shape index (κ3) is 5.60. The first-order valence-corrected chi connectivity index (χ1v) is 8.01. The van der Waals surface area contributed by atoms with Crippen LogP contribution in [0.5, 0.6) is 0 Å². The van der Waals surface area contributed by atoms with Crippen molar-refractivity contribution in [1.29, 1.82) is 0 Å². The minimum Gasteiger partial charge on any atom is -0.379 e. The number of unbranched alkanes of at least 4 members (excludes halogenated alkanes) is 5. The van der Waals surface area contributed by atoms with Crippen molar-refractivity contribution in [3.63, 3.8) is 0 Å². The number of nitro groups is 1. The van der Waals surface area contributed by atoms with Crippen molar-refractivity contribution in [2.45, 2.75) is 45.4 Å². The van der Waals surface area contributed by atoms with Crippen LogP contribution in [0.2, 0.25) is 0 Å². The van der Waals surface area contributed by atoms with Crippen LogP contribution in [0.25, 0.3) is 0 Å². The number of halogens is 2. The Balaban J connectivity index is 2.47. The van der Waals surface area contributed by atoms with Crippen molar-refractivity contribution in [2.75, 3.05) is 11.9 Å². The summed E-state index contributed by atoms with van der Waals surface area (Å²) in [4.78, 5) is 10.5. The summed E-state index contributed by atoms with van der Waals surface area (Å²) in [6.45, 7) is 2.80. The molecule has 0 saturated carbocycles. The molecule has 1 N–H and O–H groups in total. The van der Waals surface area contributed by atoms with Crippen molar-refractivity contribution in [1.82, 2.24) is 0 Å². The highest BCUT2D eigenvalue weighted by molar-refractivity contribution is 14.1. The quantitative estimate of drug-likeness (QED) is 0.274. The zero-order valence-corrected chi connectivity index (χ0v) is 13.8. The summed E-state index contributed by atoms with van der Waals surface area (Å²) in [6.07, 6.45) is 6.91. The summed E-state index contributed by atoms with van der Waals surface area (Å²) in [7, 11) is 0. The van der Waals surface area contributed by atoms with E-state index in [2.05, 4.69) is 12.2 Å². The Labute approximate surface area is 132 Å². The number of nitrogens with one attached hydrogen (secondary N) is 1. The molecule has 0 aromatic heterocycles. The Morgan fingerprint density at radius 3 is 2.55 bits per heavy atom. The molecule has 0 radical (unpaired) electrons. The van der Waals surface area contributed by atoms with E-state index in [9.17, 15) is 14.5 Å². The van der Waals surface area contributed by atoms with E-state index in [0.717, 1.165) is 12.8 Å². The summed E-state index contributed by atoms with van der Waals surface area (Å²) in [5, 5.41) is 13.9. The third-order valence-corrected chi connectivity index (χ3v) is 3.91. The van der Waals surface area contributed by atoms with E-state index in [0.29, 0.717) is 6.54 Å². The van der Waals surface area contributed by atoms with Crippen LogP contribution in [-0.4, -0.2) is 11.5 Å². The number of anilines is 1. The Morgan fingerprint density at radius 2 is 1.90 bits per heavy atom. The van der Waals surface area contributed by atoms with Gasteiger partial charge < -0.3 is 5.32 Å². The lowest BCUT2D eigenvalue weighted by molar-refractivity contribution is -0.384. The molecule has 1 aromatic rings. The molecule has 112 valence electrons. The van der Waals surface area contributed by atoms with Crippen molar-refractivity contribution in [3.8, 4) is 0 Å². The van der Waals surface area contributed by atoms with E-state index in [1.54, 1.807) is 22.6 Å². The first-order chi connectivity index (χ1) is 9.56. The fourth-order valence-corrected chi connectivity index (χ4v) is 2.41. The molecule has 0 fully saturated rings. The number of rotatable bonds is 9. The fourth-order valence-electron chi connectivity index (χ4n) is 1.96. The summed E-state index contributed by atoms with van der Waals surface area (Å²) >= 11 is 1.76. The van der Waals surface area contributed by atoms with Crippen molar-refractivity contribution >= 4 is 34.0 Å². The van der Waals surface area contributed by atoms with E-state index in [1.165, 1.54) is 37.8 Å². The molecule has 0 amide bonds. The maximum atomic E-state index is 13.5. The summed E-state index contributed by atoms with van der Waals surface area (Å²) < 4.78 is 13.7. The Hall–Kier alpha value is -0.920. The zero-order chi connectivity index (χ0) is 15.0. The molecule has 0 unspecified atom stereocenters. The second kappa shape index (κ2) is 9.10. The monoisotopic (exact) mass is 394 g/mol. The SMILES string of the molecule is CCCCCCCCNc1cc(F)c(I)cc1[N+](=O)[O-]. The van der Waals surface area contributed by atoms with Gasteiger partial charge in [0.25, 0.3) is 5.69 Å². The van der Waals surface area contributed by atoms with Crippen LogP contribution in [0.4, 0.5) is 15.8 Å². The first-order valence-electron chi connectivity index (χ1n) is 6.93. The van der Waals surface area contributed by atoms with Crippen molar-refractivity contribution in [3.05, 3.63) is 31.6 Å². The van der Waals surface area contributed by atoms with Gasteiger partial charge in [-0.05, 0) is 29.0 Å². The molecule has 0 spiro atoms. The maximum Gasteiger partial charge on any atom is 0.293 e. The maximum absolute atomic E-state index is 13.5. The molecule has 0 bridgehead atoms. The van der Waals surface area contributed by atoms with Crippen LogP contribution in [0, 0.1) is 19.5 Å². The van der Waals surface area contributed by atoms with Crippen LogP contribution in [0.15, 0.2) is 12.1 Å². The largest absolute Gasteiger partial charge is 0.379 e. The molecule has 0 saturated heterocycles. The van der Waals surface area contributed by atoms with E-state index < -0.39 is 10.7 Å². The number of hydrogen-bond donors (Lipinski definition) is 1. The normalized spacial score (nSPS) is 10.6. The van der Waals surface area contributed by atoms with Gasteiger partial charge in [-0.2, -0.15) is 0 Å². The Morgan fingerprint density at radius 1 is 1.25 bits per heavy atom. The number of benzene rings is 1. The molecular formula is C14H20FIN2O2. The minimum absolute atomic E-state index is 0.0678. The highest BCUT2D eigenvalue weighted by atomic mass is 127. The van der Waals surface area contributed by atoms with Crippen LogP contribution < -0.4 is 5.32 Å². The standard InChI is InChI=1S/C14H20FIN2O2/c1-2-3-4-5-6-7-8-17-13-9-11(15)12(16)10-14(13)18(19)20/h9-10,17H,2-8H2,1H3. The van der Waals surface area contributed by atoms with Crippen LogP contribution >= 0.6 is 22.6 Å². The molecule has 0 aliphatic heterocycles. The van der Waals surface area contributed by atoms with E-state index in [-0.39, 0.29) is 14.9 Å². The predicted octanol–water partition coefficient (Wildman–Crippen LogP) is 5.11. The van der Waals surface area contributed by atoms with Gasteiger partial charge in [0.2, 0.25) is 0 Å². The van der Waals surface area contributed by atoms with Gasteiger partial charge in [0.1, 0.15) is 11.5 Å². The van der Waals surface area contributed by atoms with E-state index in [4.69, 9.17) is 0 Å². The highest BCUT2D eigenvalue weighted by Gasteiger charge is 2.16. The predicted molar refractivity (Wildman–Crippen MR) is 87.6 cm³/mol. The second-order valence-electron chi connectivity index (χ2n) is 4.74. The second-order valence-corrected chi connectivity index (χ2v) is 5.90. The molecule has 0 aliphatic rings. The Kier molecular flexibility index (Phi) is 7.79. The topological polar surface area (TPSA) is 55.2 Å². The first kappa shape index (κ1) is 17.1. The van der Waals surface area contributed by atoms with Gasteiger partial charge >= 0.3 is 0 Å².